The smallest absolute Gasteiger partial charge is 0.260 e. The summed E-state index contributed by atoms with van der Waals surface area (Å²) in [6.45, 7) is 0. The number of amides is 1. The van der Waals surface area contributed by atoms with E-state index >= 15 is 0 Å². The molecule has 1 saturated carbocycles. The van der Waals surface area contributed by atoms with Gasteiger partial charge in [-0.05, 0) is 24.3 Å². The van der Waals surface area contributed by atoms with Crippen molar-refractivity contribution in [1.29, 1.82) is 0 Å². The quantitative estimate of drug-likeness (QED) is 0.663. The molecule has 1 aromatic carbocycles. The Labute approximate surface area is 119 Å². The number of hydrogen-bond acceptors (Lipinski definition) is 2. The largest absolute Gasteiger partial charge is 0.384 e. The highest BCUT2D eigenvalue weighted by Crippen LogP contribution is 2.49. The van der Waals surface area contributed by atoms with Crippen LogP contribution in [-0.2, 0) is 4.79 Å². The Morgan fingerprint density at radius 3 is 2.85 bits per heavy atom. The molecule has 0 radical (unpaired) electrons. The maximum atomic E-state index is 12.6. The number of nitrogens with two attached hydrogens (primary N) is 1. The minimum atomic E-state index is -2.93. The second-order valence-corrected chi connectivity index (χ2v) is 4.82. The van der Waals surface area contributed by atoms with Crippen LogP contribution in [0.5, 0.6) is 0 Å². The third-order valence-electron chi connectivity index (χ3n) is 2.69. The molecule has 1 aliphatic carbocycles. The van der Waals surface area contributed by atoms with E-state index in [0.29, 0.717) is 5.02 Å². The van der Waals surface area contributed by atoms with Crippen molar-refractivity contribution in [3.8, 4) is 0 Å². The lowest BCUT2D eigenvalue weighted by Gasteiger charge is -2.00. The Balaban J connectivity index is 1.89. The fourth-order valence-electron chi connectivity index (χ4n) is 1.53. The topological polar surface area (TPSA) is 67.5 Å². The Hall–Kier alpha value is -1.95. The zero-order valence-corrected chi connectivity index (χ0v) is 11.1. The first-order chi connectivity index (χ1) is 9.38. The molecule has 106 valence electrons. The molecule has 1 fully saturated rings. The number of nitrogens with zero attached hydrogens (tertiary/aromatic N) is 1. The SMILES string of the molecule is NC(/C=C\Nc1cccc(Cl)c1)=NC(=O)C1CC1(F)F. The first kappa shape index (κ1) is 14.5. The molecule has 20 heavy (non-hydrogen) atoms. The fraction of sp³-hybridized carbons (Fsp3) is 0.231. The lowest BCUT2D eigenvalue weighted by molar-refractivity contribution is -0.120. The highest BCUT2D eigenvalue weighted by molar-refractivity contribution is 6.30. The molecule has 0 bridgehead atoms. The van der Waals surface area contributed by atoms with E-state index in [1.165, 1.54) is 12.3 Å². The molecule has 0 heterocycles. The molecule has 1 amide bonds. The highest BCUT2D eigenvalue weighted by Gasteiger charge is 2.61. The third-order valence-corrected chi connectivity index (χ3v) is 2.93. The van der Waals surface area contributed by atoms with E-state index < -0.39 is 24.2 Å². The van der Waals surface area contributed by atoms with Gasteiger partial charge in [-0.15, -0.1) is 0 Å². The summed E-state index contributed by atoms with van der Waals surface area (Å²) in [4.78, 5) is 14.7. The van der Waals surface area contributed by atoms with Crippen molar-refractivity contribution in [1.82, 2.24) is 0 Å². The van der Waals surface area contributed by atoms with Gasteiger partial charge in [0.15, 0.2) is 0 Å². The van der Waals surface area contributed by atoms with Gasteiger partial charge in [0, 0.05) is 23.3 Å². The number of aliphatic imine (C=N–C) groups is 1. The van der Waals surface area contributed by atoms with Crippen LogP contribution in [0.15, 0.2) is 41.5 Å². The van der Waals surface area contributed by atoms with E-state index in [9.17, 15) is 13.6 Å². The zero-order chi connectivity index (χ0) is 14.8. The van der Waals surface area contributed by atoms with Crippen LogP contribution in [0.2, 0.25) is 5.02 Å². The number of amidine groups is 1. The van der Waals surface area contributed by atoms with Crippen molar-refractivity contribution in [2.24, 2.45) is 16.6 Å². The average Bonchev–Trinajstić information content (AvgIpc) is 2.99. The number of carbonyl (C=O) groups is 1. The van der Waals surface area contributed by atoms with E-state index in [1.54, 1.807) is 24.3 Å². The Morgan fingerprint density at radius 2 is 2.25 bits per heavy atom. The molecule has 2 rings (SSSR count). The molecule has 1 aliphatic rings. The van der Waals surface area contributed by atoms with Gasteiger partial charge >= 0.3 is 0 Å². The van der Waals surface area contributed by atoms with Gasteiger partial charge in [0.05, 0.1) is 0 Å². The summed E-state index contributed by atoms with van der Waals surface area (Å²) in [6, 6.07) is 6.95. The lowest BCUT2D eigenvalue weighted by atomic mass is 10.3. The first-order valence-electron chi connectivity index (χ1n) is 5.83. The maximum Gasteiger partial charge on any atom is 0.260 e. The van der Waals surface area contributed by atoms with E-state index in [1.807, 2.05) is 0 Å². The van der Waals surface area contributed by atoms with Gasteiger partial charge < -0.3 is 11.1 Å². The van der Waals surface area contributed by atoms with Crippen LogP contribution in [0.4, 0.5) is 14.5 Å². The highest BCUT2D eigenvalue weighted by atomic mass is 35.5. The van der Waals surface area contributed by atoms with Crippen LogP contribution in [0, 0.1) is 5.92 Å². The van der Waals surface area contributed by atoms with Crippen molar-refractivity contribution in [2.75, 3.05) is 5.32 Å². The summed E-state index contributed by atoms with van der Waals surface area (Å²) < 4.78 is 25.3. The number of benzene rings is 1. The minimum Gasteiger partial charge on any atom is -0.384 e. The van der Waals surface area contributed by atoms with Gasteiger partial charge in [-0.3, -0.25) is 4.79 Å². The number of alkyl halides is 2. The van der Waals surface area contributed by atoms with Crippen molar-refractivity contribution in [3.05, 3.63) is 41.6 Å². The van der Waals surface area contributed by atoms with Crippen molar-refractivity contribution < 1.29 is 13.6 Å². The van der Waals surface area contributed by atoms with Crippen LogP contribution in [-0.4, -0.2) is 17.7 Å². The number of rotatable bonds is 4. The molecule has 3 N–H and O–H groups in total. The molecule has 0 aliphatic heterocycles. The van der Waals surface area contributed by atoms with Crippen molar-refractivity contribution in [2.45, 2.75) is 12.3 Å². The second-order valence-electron chi connectivity index (χ2n) is 4.38. The summed E-state index contributed by atoms with van der Waals surface area (Å²) in [7, 11) is 0. The number of anilines is 1. The Kier molecular flexibility index (Phi) is 4.04. The van der Waals surface area contributed by atoms with E-state index in [4.69, 9.17) is 17.3 Å². The third kappa shape index (κ3) is 3.77. The van der Waals surface area contributed by atoms with Gasteiger partial charge in [-0.2, -0.15) is 4.99 Å². The molecule has 7 heteroatoms. The summed E-state index contributed by atoms with van der Waals surface area (Å²) >= 11 is 5.80. The van der Waals surface area contributed by atoms with Crippen LogP contribution in [0.25, 0.3) is 0 Å². The lowest BCUT2D eigenvalue weighted by Crippen LogP contribution is -2.14. The molecule has 0 aromatic heterocycles. The molecule has 0 saturated heterocycles. The van der Waals surface area contributed by atoms with Crippen LogP contribution in [0.1, 0.15) is 6.42 Å². The van der Waals surface area contributed by atoms with Gasteiger partial charge in [0.1, 0.15) is 11.8 Å². The maximum absolute atomic E-state index is 12.6. The summed E-state index contributed by atoms with van der Waals surface area (Å²) in [6.07, 6.45) is 2.31. The fourth-order valence-corrected chi connectivity index (χ4v) is 1.72. The predicted molar refractivity (Wildman–Crippen MR) is 73.9 cm³/mol. The van der Waals surface area contributed by atoms with E-state index in [2.05, 4.69) is 10.3 Å². The molecule has 1 atom stereocenters. The average molecular weight is 300 g/mol. The van der Waals surface area contributed by atoms with Crippen LogP contribution >= 0.6 is 11.6 Å². The monoisotopic (exact) mass is 299 g/mol. The molecule has 1 aromatic rings. The number of hydrogen-bond donors (Lipinski definition) is 2. The normalized spacial score (nSPS) is 20.9. The second kappa shape index (κ2) is 5.58. The summed E-state index contributed by atoms with van der Waals surface area (Å²) in [5, 5.41) is 3.43. The standard InChI is InChI=1S/C13H12ClF2N3O/c14-8-2-1-3-9(6-8)18-5-4-11(17)19-12(20)10-7-13(10,15)16/h1-6,10,18H,7H2,(H2,17,19,20)/b5-4-. The van der Waals surface area contributed by atoms with Crippen LogP contribution < -0.4 is 11.1 Å². The molecule has 1 unspecified atom stereocenters. The zero-order valence-electron chi connectivity index (χ0n) is 10.3. The Morgan fingerprint density at radius 1 is 1.55 bits per heavy atom. The van der Waals surface area contributed by atoms with Gasteiger partial charge in [0.2, 0.25) is 0 Å². The Bertz CT molecular complexity index is 587. The summed E-state index contributed by atoms with van der Waals surface area (Å²) in [5.74, 6) is -5.27. The van der Waals surface area contributed by atoms with Gasteiger partial charge in [-0.1, -0.05) is 17.7 Å². The molecule has 0 spiro atoms. The van der Waals surface area contributed by atoms with Gasteiger partial charge in [-0.25, -0.2) is 8.78 Å². The number of carbonyl (C=O) groups excluding carboxylic acids is 1. The first-order valence-corrected chi connectivity index (χ1v) is 6.21. The number of nitrogens with one attached hydrogen (secondary N) is 1. The molecular weight excluding hydrogens is 288 g/mol. The molecular formula is C13H12ClF2N3O. The minimum absolute atomic E-state index is 0.132. The number of halogens is 3. The van der Waals surface area contributed by atoms with Gasteiger partial charge in [0.25, 0.3) is 11.8 Å². The van der Waals surface area contributed by atoms with E-state index in [0.717, 1.165) is 5.69 Å². The summed E-state index contributed by atoms with van der Waals surface area (Å²) in [5.41, 5.74) is 6.18. The van der Waals surface area contributed by atoms with Crippen molar-refractivity contribution in [3.63, 3.8) is 0 Å². The van der Waals surface area contributed by atoms with E-state index in [-0.39, 0.29) is 5.84 Å². The van der Waals surface area contributed by atoms with Crippen LogP contribution in [0.3, 0.4) is 0 Å². The molecule has 4 nitrogen and oxygen atoms in total. The van der Waals surface area contributed by atoms with Crippen molar-refractivity contribution >= 4 is 29.0 Å². The predicted octanol–water partition coefficient (Wildman–Crippen LogP) is 2.80.